The van der Waals surface area contributed by atoms with Crippen LogP contribution in [0, 0.1) is 0 Å². The molecule has 0 bridgehead atoms. The lowest BCUT2D eigenvalue weighted by Crippen LogP contribution is -2.49. The maximum absolute atomic E-state index is 12.9. The lowest BCUT2D eigenvalue weighted by atomic mass is 10.0. The van der Waals surface area contributed by atoms with Crippen LogP contribution in [-0.4, -0.2) is 57.3 Å². The Balaban J connectivity index is 1.68. The zero-order valence-electron chi connectivity index (χ0n) is 14.4. The van der Waals surface area contributed by atoms with E-state index in [-0.39, 0.29) is 17.9 Å². The first-order valence-electron chi connectivity index (χ1n) is 8.70. The number of hydrogen-bond donors (Lipinski definition) is 2. The minimum absolute atomic E-state index is 0.00324. The molecule has 138 valence electrons. The van der Waals surface area contributed by atoms with E-state index < -0.39 is 0 Å². The Hall–Kier alpha value is -2.39. The molecule has 3 N–H and O–H groups in total. The van der Waals surface area contributed by atoms with Gasteiger partial charge in [-0.3, -0.25) is 9.59 Å². The summed E-state index contributed by atoms with van der Waals surface area (Å²) in [6, 6.07) is 1.73. The summed E-state index contributed by atoms with van der Waals surface area (Å²) in [6.07, 6.45) is 8.07. The van der Waals surface area contributed by atoms with Crippen molar-refractivity contribution in [1.82, 2.24) is 25.2 Å². The van der Waals surface area contributed by atoms with Crippen LogP contribution in [0.25, 0.3) is 10.8 Å². The predicted molar refractivity (Wildman–Crippen MR) is 98.5 cm³/mol. The molecule has 3 rings (SSSR count). The van der Waals surface area contributed by atoms with E-state index in [0.29, 0.717) is 41.8 Å². The van der Waals surface area contributed by atoms with Crippen molar-refractivity contribution in [3.8, 4) is 10.8 Å². The maximum Gasteiger partial charge on any atom is 0.265 e. The van der Waals surface area contributed by atoms with Gasteiger partial charge in [-0.2, -0.15) is 0 Å². The van der Waals surface area contributed by atoms with Crippen LogP contribution >= 0.6 is 11.3 Å². The quantitative estimate of drug-likeness (QED) is 0.781. The average molecular weight is 374 g/mol. The molecule has 0 saturated carbocycles. The van der Waals surface area contributed by atoms with Crippen LogP contribution in [0.2, 0.25) is 0 Å². The molecule has 9 heteroatoms. The molecule has 8 nitrogen and oxygen atoms in total. The van der Waals surface area contributed by atoms with Gasteiger partial charge >= 0.3 is 0 Å². The molecule has 0 aromatic carbocycles. The van der Waals surface area contributed by atoms with Crippen molar-refractivity contribution in [2.75, 3.05) is 19.6 Å². The molecule has 2 aromatic heterocycles. The standard InChI is InChI=1S/C17H22N6O2S/c18-6-5-14(24)21-10-12-4-1-2-9-23(12)17(25)13-11-22-16(26-13)15-19-7-3-8-20-15/h3,7-8,11-12H,1-2,4-6,9-10,18H2,(H,21,24). The number of amides is 2. The Kier molecular flexibility index (Phi) is 6.24. The number of aromatic nitrogens is 3. The molecular formula is C17H22N6O2S. The van der Waals surface area contributed by atoms with Gasteiger partial charge in [0.05, 0.1) is 6.20 Å². The second kappa shape index (κ2) is 8.81. The minimum Gasteiger partial charge on any atom is -0.354 e. The van der Waals surface area contributed by atoms with Gasteiger partial charge in [0.25, 0.3) is 5.91 Å². The first kappa shape index (κ1) is 18.4. The van der Waals surface area contributed by atoms with Gasteiger partial charge in [-0.15, -0.1) is 11.3 Å². The highest BCUT2D eigenvalue weighted by atomic mass is 32.1. The number of carbonyl (C=O) groups is 2. The number of likely N-dealkylation sites (tertiary alicyclic amines) is 1. The number of nitrogens with two attached hydrogens (primary N) is 1. The zero-order chi connectivity index (χ0) is 18.4. The third-order valence-corrected chi connectivity index (χ3v) is 5.25. The third kappa shape index (κ3) is 4.41. The summed E-state index contributed by atoms with van der Waals surface area (Å²) in [5.74, 6) is 0.384. The second-order valence-electron chi connectivity index (χ2n) is 6.09. The molecule has 0 spiro atoms. The number of rotatable bonds is 6. The van der Waals surface area contributed by atoms with E-state index in [4.69, 9.17) is 5.73 Å². The number of carbonyl (C=O) groups excluding carboxylic acids is 2. The summed E-state index contributed by atoms with van der Waals surface area (Å²) in [5.41, 5.74) is 5.40. The van der Waals surface area contributed by atoms with Crippen LogP contribution in [0.5, 0.6) is 0 Å². The number of nitrogens with zero attached hydrogens (tertiary/aromatic N) is 4. The molecule has 2 amide bonds. The lowest BCUT2D eigenvalue weighted by molar-refractivity contribution is -0.121. The molecule has 1 atom stereocenters. The van der Waals surface area contributed by atoms with Crippen molar-refractivity contribution >= 4 is 23.2 Å². The van der Waals surface area contributed by atoms with E-state index >= 15 is 0 Å². The Morgan fingerprint density at radius 1 is 1.27 bits per heavy atom. The molecular weight excluding hydrogens is 352 g/mol. The van der Waals surface area contributed by atoms with Crippen LogP contribution in [0.3, 0.4) is 0 Å². The summed E-state index contributed by atoms with van der Waals surface area (Å²) in [7, 11) is 0. The number of piperidine rings is 1. The van der Waals surface area contributed by atoms with Crippen molar-refractivity contribution < 1.29 is 9.59 Å². The smallest absolute Gasteiger partial charge is 0.265 e. The molecule has 0 aliphatic carbocycles. The predicted octanol–water partition coefficient (Wildman–Crippen LogP) is 1.06. The van der Waals surface area contributed by atoms with Gasteiger partial charge in [-0.25, -0.2) is 15.0 Å². The van der Waals surface area contributed by atoms with Gasteiger partial charge in [0.15, 0.2) is 10.8 Å². The summed E-state index contributed by atoms with van der Waals surface area (Å²) in [5, 5.41) is 3.50. The van der Waals surface area contributed by atoms with E-state index in [1.807, 2.05) is 4.90 Å². The van der Waals surface area contributed by atoms with Gasteiger partial charge in [0.2, 0.25) is 5.91 Å². The largest absolute Gasteiger partial charge is 0.354 e. The lowest BCUT2D eigenvalue weighted by Gasteiger charge is -2.35. The number of thiazole rings is 1. The Labute approximate surface area is 155 Å². The second-order valence-corrected chi connectivity index (χ2v) is 7.12. The first-order chi connectivity index (χ1) is 12.7. The van der Waals surface area contributed by atoms with Gasteiger partial charge in [-0.05, 0) is 25.3 Å². The van der Waals surface area contributed by atoms with Gasteiger partial charge in [0, 0.05) is 44.5 Å². The highest BCUT2D eigenvalue weighted by molar-refractivity contribution is 7.16. The van der Waals surface area contributed by atoms with Gasteiger partial charge in [0.1, 0.15) is 4.88 Å². The summed E-state index contributed by atoms with van der Waals surface area (Å²) in [6.45, 7) is 1.47. The van der Waals surface area contributed by atoms with E-state index in [0.717, 1.165) is 19.3 Å². The SMILES string of the molecule is NCCC(=O)NCC1CCCCN1C(=O)c1cnc(-c2ncccn2)s1. The van der Waals surface area contributed by atoms with Crippen molar-refractivity contribution in [2.24, 2.45) is 5.73 Å². The van der Waals surface area contributed by atoms with E-state index in [9.17, 15) is 9.59 Å². The van der Waals surface area contributed by atoms with Crippen molar-refractivity contribution in [2.45, 2.75) is 31.7 Å². The fourth-order valence-corrected chi connectivity index (χ4v) is 3.78. The van der Waals surface area contributed by atoms with Crippen molar-refractivity contribution in [3.63, 3.8) is 0 Å². The molecule has 1 saturated heterocycles. The summed E-state index contributed by atoms with van der Waals surface area (Å²) < 4.78 is 0. The Bertz CT molecular complexity index is 751. The molecule has 1 fully saturated rings. The number of nitrogens with one attached hydrogen (secondary N) is 1. The summed E-state index contributed by atoms with van der Waals surface area (Å²) >= 11 is 1.29. The average Bonchev–Trinajstić information content (AvgIpc) is 3.17. The molecule has 0 radical (unpaired) electrons. The zero-order valence-corrected chi connectivity index (χ0v) is 15.2. The topological polar surface area (TPSA) is 114 Å². The minimum atomic E-state index is -0.0771. The van der Waals surface area contributed by atoms with E-state index in [1.54, 1.807) is 24.7 Å². The fourth-order valence-electron chi connectivity index (χ4n) is 2.96. The van der Waals surface area contributed by atoms with Crippen molar-refractivity contribution in [1.29, 1.82) is 0 Å². The molecule has 3 heterocycles. The molecule has 2 aromatic rings. The highest BCUT2D eigenvalue weighted by Gasteiger charge is 2.29. The molecule has 1 unspecified atom stereocenters. The summed E-state index contributed by atoms with van der Waals surface area (Å²) in [4.78, 5) is 39.7. The molecule has 1 aliphatic rings. The van der Waals surface area contributed by atoms with Crippen LogP contribution in [0.4, 0.5) is 0 Å². The van der Waals surface area contributed by atoms with Gasteiger partial charge < -0.3 is 16.0 Å². The maximum atomic E-state index is 12.9. The Morgan fingerprint density at radius 3 is 2.85 bits per heavy atom. The number of hydrogen-bond acceptors (Lipinski definition) is 7. The first-order valence-corrected chi connectivity index (χ1v) is 9.51. The van der Waals surface area contributed by atoms with Crippen LogP contribution in [0.15, 0.2) is 24.7 Å². The molecule has 26 heavy (non-hydrogen) atoms. The normalized spacial score (nSPS) is 17.1. The van der Waals surface area contributed by atoms with Crippen molar-refractivity contribution in [3.05, 3.63) is 29.5 Å². The van der Waals surface area contributed by atoms with Gasteiger partial charge in [-0.1, -0.05) is 0 Å². The van der Waals surface area contributed by atoms with E-state index in [2.05, 4.69) is 20.3 Å². The monoisotopic (exact) mass is 374 g/mol. The Morgan fingerprint density at radius 2 is 2.08 bits per heavy atom. The highest BCUT2D eigenvalue weighted by Crippen LogP contribution is 2.25. The molecule has 1 aliphatic heterocycles. The third-order valence-electron chi connectivity index (χ3n) is 4.27. The van der Waals surface area contributed by atoms with E-state index in [1.165, 1.54) is 11.3 Å². The van der Waals surface area contributed by atoms with Crippen LogP contribution in [0.1, 0.15) is 35.4 Å². The van der Waals surface area contributed by atoms with Crippen LogP contribution < -0.4 is 11.1 Å². The van der Waals surface area contributed by atoms with Crippen LogP contribution in [-0.2, 0) is 4.79 Å². The fraction of sp³-hybridized carbons (Fsp3) is 0.471.